The van der Waals surface area contributed by atoms with Gasteiger partial charge < -0.3 is 25.8 Å². The molecule has 0 saturated carbocycles. The molecule has 0 spiro atoms. The molecule has 0 bridgehead atoms. The van der Waals surface area contributed by atoms with E-state index in [0.717, 1.165) is 23.5 Å². The second kappa shape index (κ2) is 10.7. The molecule has 176 valence electrons. The Balaban J connectivity index is 1.62. The summed E-state index contributed by atoms with van der Waals surface area (Å²) in [4.78, 5) is 62.4. The Morgan fingerprint density at radius 1 is 1.24 bits per heavy atom. The number of carbonyl (C=O) groups is 4. The van der Waals surface area contributed by atoms with Crippen LogP contribution in [0.5, 0.6) is 0 Å². The third-order valence-electron chi connectivity index (χ3n) is 4.80. The lowest BCUT2D eigenvalue weighted by Crippen LogP contribution is -2.53. The third-order valence-corrected chi connectivity index (χ3v) is 6.11. The van der Waals surface area contributed by atoms with Crippen molar-refractivity contribution >= 4 is 52.4 Å². The van der Waals surface area contributed by atoms with Crippen LogP contribution in [0.15, 0.2) is 18.3 Å². The number of thiazole rings is 1. The Morgan fingerprint density at radius 2 is 2.00 bits per heavy atom. The Hall–Kier alpha value is -3.09. The first kappa shape index (κ1) is 24.6. The Labute approximate surface area is 199 Å². The number of nitrogens with one attached hydrogen (secondary N) is 3. The predicted molar refractivity (Wildman–Crippen MR) is 123 cm³/mol. The Kier molecular flexibility index (Phi) is 7.95. The monoisotopic (exact) mass is 493 g/mol. The number of nitrogens with zero attached hydrogens (tertiary/aromatic N) is 4. The fourth-order valence-electron chi connectivity index (χ4n) is 3.05. The van der Waals surface area contributed by atoms with Crippen molar-refractivity contribution in [1.29, 1.82) is 0 Å². The zero-order valence-corrected chi connectivity index (χ0v) is 19.9. The lowest BCUT2D eigenvalue weighted by molar-refractivity contribution is -0.136. The number of anilines is 1. The summed E-state index contributed by atoms with van der Waals surface area (Å²) in [6.45, 7) is 1.30. The van der Waals surface area contributed by atoms with Crippen LogP contribution in [0.25, 0.3) is 0 Å². The van der Waals surface area contributed by atoms with Crippen LogP contribution in [0.1, 0.15) is 20.4 Å². The number of hydrogen-bond acceptors (Lipinski definition) is 8. The van der Waals surface area contributed by atoms with Crippen LogP contribution in [-0.4, -0.2) is 83.7 Å². The van der Waals surface area contributed by atoms with Crippen molar-refractivity contribution in [2.24, 2.45) is 0 Å². The molecular weight excluding hydrogens is 470 g/mol. The summed E-state index contributed by atoms with van der Waals surface area (Å²) < 4.78 is 0. The molecule has 0 unspecified atom stereocenters. The van der Waals surface area contributed by atoms with Crippen molar-refractivity contribution in [2.45, 2.75) is 19.0 Å². The fraction of sp³-hybridized carbons (Fsp3) is 0.400. The molecule has 1 aliphatic heterocycles. The number of amides is 4. The zero-order chi connectivity index (χ0) is 24.1. The van der Waals surface area contributed by atoms with Crippen molar-refractivity contribution in [3.05, 3.63) is 38.9 Å². The van der Waals surface area contributed by atoms with Crippen LogP contribution in [0, 0.1) is 0 Å². The second-order valence-corrected chi connectivity index (χ2v) is 9.18. The first-order valence-electron chi connectivity index (χ1n) is 10.0. The quantitative estimate of drug-likeness (QED) is 0.486. The van der Waals surface area contributed by atoms with Gasteiger partial charge in [0.25, 0.3) is 5.91 Å². The maximum Gasteiger partial charge on any atom is 0.314 e. The molecule has 1 aliphatic rings. The van der Waals surface area contributed by atoms with Gasteiger partial charge in [-0.1, -0.05) is 11.6 Å². The highest BCUT2D eigenvalue weighted by Crippen LogP contribution is 2.24. The van der Waals surface area contributed by atoms with Crippen molar-refractivity contribution in [2.75, 3.05) is 39.5 Å². The van der Waals surface area contributed by atoms with Gasteiger partial charge in [0.05, 0.1) is 10.7 Å². The molecule has 13 heteroatoms. The lowest BCUT2D eigenvalue weighted by atomic mass is 10.2. The van der Waals surface area contributed by atoms with Gasteiger partial charge in [-0.05, 0) is 19.2 Å². The van der Waals surface area contributed by atoms with E-state index in [-0.39, 0.29) is 17.4 Å². The largest absolute Gasteiger partial charge is 0.347 e. The number of carbonyl (C=O) groups excluding carboxylic acids is 4. The number of rotatable bonds is 6. The fourth-order valence-corrected chi connectivity index (χ4v) is 4.25. The van der Waals surface area contributed by atoms with Gasteiger partial charge in [0.2, 0.25) is 5.91 Å². The highest BCUT2D eigenvalue weighted by molar-refractivity contribution is 7.13. The van der Waals surface area contributed by atoms with E-state index in [1.807, 2.05) is 7.05 Å². The summed E-state index contributed by atoms with van der Waals surface area (Å²) in [6.07, 6.45) is 2.08. The number of halogens is 1. The number of pyridine rings is 1. The molecule has 33 heavy (non-hydrogen) atoms. The highest BCUT2D eigenvalue weighted by atomic mass is 35.5. The number of likely N-dealkylation sites (N-methyl/N-ethyl adjacent to an activating group) is 2. The maximum absolute atomic E-state index is 12.8. The van der Waals surface area contributed by atoms with Crippen molar-refractivity contribution in [3.63, 3.8) is 0 Å². The summed E-state index contributed by atoms with van der Waals surface area (Å²) in [6, 6.07) is 1.87. The second-order valence-electron chi connectivity index (χ2n) is 7.66. The van der Waals surface area contributed by atoms with Gasteiger partial charge in [-0.25, -0.2) is 9.97 Å². The van der Waals surface area contributed by atoms with Crippen LogP contribution >= 0.6 is 22.9 Å². The smallest absolute Gasteiger partial charge is 0.314 e. The zero-order valence-electron chi connectivity index (χ0n) is 18.3. The molecule has 2 aromatic heterocycles. The van der Waals surface area contributed by atoms with Crippen LogP contribution < -0.4 is 16.0 Å². The van der Waals surface area contributed by atoms with Crippen LogP contribution in [0.3, 0.4) is 0 Å². The van der Waals surface area contributed by atoms with E-state index in [9.17, 15) is 19.2 Å². The van der Waals surface area contributed by atoms with Crippen LogP contribution in [0.2, 0.25) is 5.02 Å². The van der Waals surface area contributed by atoms with Crippen LogP contribution in [-0.2, 0) is 27.3 Å². The van der Waals surface area contributed by atoms with E-state index < -0.39 is 29.7 Å². The molecule has 0 saturated heterocycles. The van der Waals surface area contributed by atoms with E-state index in [1.165, 1.54) is 48.7 Å². The van der Waals surface area contributed by atoms with Crippen molar-refractivity contribution in [1.82, 2.24) is 30.4 Å². The molecule has 0 aromatic carbocycles. The van der Waals surface area contributed by atoms with Gasteiger partial charge in [0.15, 0.2) is 5.01 Å². The molecular formula is C20H24ClN7O4S. The first-order chi connectivity index (χ1) is 15.6. The molecule has 0 radical (unpaired) electrons. The van der Waals surface area contributed by atoms with E-state index in [0.29, 0.717) is 11.6 Å². The standard InChI is InChI=1S/C20H24ClN7O4S/c1-27(2)20(32)13(9-23-16(29)17(30)26-15-5-4-11(21)8-22-15)24-18(31)19-25-12-6-7-28(3)10-14(12)33-19/h4-5,8,13H,6-7,9-10H2,1-3H3,(H,23,29)(H,24,31)(H,22,26,30)/t13-/m0/s1. The summed E-state index contributed by atoms with van der Waals surface area (Å²) in [7, 11) is 5.05. The summed E-state index contributed by atoms with van der Waals surface area (Å²) in [5, 5.41) is 7.95. The molecule has 11 nitrogen and oxygen atoms in total. The minimum absolute atomic E-state index is 0.146. The topological polar surface area (TPSA) is 137 Å². The van der Waals surface area contributed by atoms with Gasteiger partial charge in [-0.15, -0.1) is 11.3 Å². The van der Waals surface area contributed by atoms with Crippen molar-refractivity contribution < 1.29 is 19.2 Å². The number of hydrogen-bond donors (Lipinski definition) is 3. The average molecular weight is 494 g/mol. The third kappa shape index (κ3) is 6.46. The minimum atomic E-state index is -1.08. The van der Waals surface area contributed by atoms with Gasteiger partial charge in [0.1, 0.15) is 11.9 Å². The first-order valence-corrected chi connectivity index (χ1v) is 11.2. The lowest BCUT2D eigenvalue weighted by Gasteiger charge is -2.21. The minimum Gasteiger partial charge on any atom is -0.347 e. The predicted octanol–water partition coefficient (Wildman–Crippen LogP) is 0.121. The summed E-state index contributed by atoms with van der Waals surface area (Å²) >= 11 is 7.02. The molecule has 3 heterocycles. The number of fused-ring (bicyclic) bond motifs is 1. The van der Waals surface area contributed by atoms with Crippen molar-refractivity contribution in [3.8, 4) is 0 Å². The number of aromatic nitrogens is 2. The average Bonchev–Trinajstić information content (AvgIpc) is 3.20. The summed E-state index contributed by atoms with van der Waals surface area (Å²) in [5.74, 6) is -2.76. The molecule has 1 atom stereocenters. The molecule has 3 N–H and O–H groups in total. The molecule has 2 aromatic rings. The van der Waals surface area contributed by atoms with E-state index in [1.54, 1.807) is 0 Å². The van der Waals surface area contributed by atoms with E-state index in [2.05, 4.69) is 30.8 Å². The van der Waals surface area contributed by atoms with Gasteiger partial charge >= 0.3 is 11.8 Å². The molecule has 0 fully saturated rings. The van der Waals surface area contributed by atoms with Gasteiger partial charge in [0, 0.05) is 51.2 Å². The van der Waals surface area contributed by atoms with E-state index in [4.69, 9.17) is 11.6 Å². The van der Waals surface area contributed by atoms with E-state index >= 15 is 0 Å². The van der Waals surface area contributed by atoms with Gasteiger partial charge in [-0.3, -0.25) is 19.2 Å². The van der Waals surface area contributed by atoms with Gasteiger partial charge in [-0.2, -0.15) is 0 Å². The normalized spacial score (nSPS) is 14.1. The van der Waals surface area contributed by atoms with Crippen LogP contribution in [0.4, 0.5) is 5.82 Å². The molecule has 3 rings (SSSR count). The molecule has 0 aliphatic carbocycles. The maximum atomic E-state index is 12.8. The summed E-state index contributed by atoms with van der Waals surface area (Å²) in [5.41, 5.74) is 0.888. The SMILES string of the molecule is CN1CCc2nc(C(=O)N[C@@H](CNC(=O)C(=O)Nc3ccc(Cl)cn3)C(=O)N(C)C)sc2C1. The molecule has 4 amide bonds. The Morgan fingerprint density at radius 3 is 2.67 bits per heavy atom. The Bertz CT molecular complexity index is 1060. The highest BCUT2D eigenvalue weighted by Gasteiger charge is 2.27.